The van der Waals surface area contributed by atoms with Gasteiger partial charge < -0.3 is 8.83 Å². The van der Waals surface area contributed by atoms with Crippen LogP contribution in [0.25, 0.3) is 5.57 Å². The minimum atomic E-state index is 0.727. The van der Waals surface area contributed by atoms with Crippen LogP contribution in [0.1, 0.15) is 11.5 Å². The number of rotatable bonds is 2. The highest BCUT2D eigenvalue weighted by Crippen LogP contribution is 2.28. The predicted molar refractivity (Wildman–Crippen MR) is 58.6 cm³/mol. The fraction of sp³-hybridized carbons (Fsp3) is 0. The lowest BCUT2D eigenvalue weighted by Gasteiger charge is -1.96. The molecule has 0 amide bonds. The third-order valence-corrected chi connectivity index (χ3v) is 2.30. The van der Waals surface area contributed by atoms with Crippen molar-refractivity contribution < 1.29 is 13.3 Å². The van der Waals surface area contributed by atoms with E-state index in [0.29, 0.717) is 0 Å². The maximum atomic E-state index is 5.39. The lowest BCUT2D eigenvalue weighted by molar-refractivity contribution is -0.379. The molecular weight excluding hydrogens is 204 g/mol. The number of allylic oxidation sites excluding steroid dienone is 2. The van der Waals surface area contributed by atoms with Crippen molar-refractivity contribution in [1.29, 1.82) is 0 Å². The summed E-state index contributed by atoms with van der Waals surface area (Å²) < 4.78 is 16.2. The molecule has 1 aliphatic heterocycles. The highest BCUT2D eigenvalue weighted by molar-refractivity contribution is 5.80. The van der Waals surface area contributed by atoms with Crippen LogP contribution < -0.4 is 0 Å². The van der Waals surface area contributed by atoms with Crippen LogP contribution in [-0.2, 0) is 4.42 Å². The first-order valence-electron chi connectivity index (χ1n) is 4.94. The van der Waals surface area contributed by atoms with E-state index in [-0.39, 0.29) is 0 Å². The molecule has 2 aromatic heterocycles. The largest absolute Gasteiger partial charge is 0.464 e. The molecule has 0 radical (unpaired) electrons. The van der Waals surface area contributed by atoms with E-state index < -0.39 is 0 Å². The molecule has 16 heavy (non-hydrogen) atoms. The summed E-state index contributed by atoms with van der Waals surface area (Å²) >= 11 is 0. The van der Waals surface area contributed by atoms with Gasteiger partial charge >= 0.3 is 12.0 Å². The fourth-order valence-corrected chi connectivity index (χ4v) is 1.63. The van der Waals surface area contributed by atoms with Gasteiger partial charge in [-0.1, -0.05) is 0 Å². The van der Waals surface area contributed by atoms with E-state index in [0.717, 1.165) is 22.9 Å². The third-order valence-electron chi connectivity index (χ3n) is 2.30. The Morgan fingerprint density at radius 3 is 2.12 bits per heavy atom. The second kappa shape index (κ2) is 3.70. The molecule has 2 aromatic rings. The average Bonchev–Trinajstić information content (AvgIpc) is 3.02. The second-order valence-electron chi connectivity index (χ2n) is 3.31. The molecule has 0 unspecified atom stereocenters. The monoisotopic (exact) mass is 213 g/mol. The Labute approximate surface area is 92.0 Å². The Morgan fingerprint density at radius 1 is 1.00 bits per heavy atom. The molecule has 0 atom stereocenters. The summed E-state index contributed by atoms with van der Waals surface area (Å²) in [5.41, 5.74) is 0.819. The fourth-order valence-electron chi connectivity index (χ4n) is 1.63. The maximum Gasteiger partial charge on any atom is 0.367 e. The Bertz CT molecular complexity index is 504. The van der Waals surface area contributed by atoms with E-state index in [4.69, 9.17) is 13.3 Å². The number of hydrogen-bond donors (Lipinski definition) is 0. The van der Waals surface area contributed by atoms with Crippen molar-refractivity contribution in [1.82, 2.24) is 0 Å². The van der Waals surface area contributed by atoms with Crippen molar-refractivity contribution in [3.63, 3.8) is 0 Å². The first kappa shape index (κ1) is 8.97. The van der Waals surface area contributed by atoms with E-state index in [9.17, 15) is 0 Å². The topological polar surface area (TPSA) is 37.6 Å². The number of aldehydes is 1. The molecule has 0 saturated heterocycles. The summed E-state index contributed by atoms with van der Waals surface area (Å²) in [5, 5.41) is 0. The Morgan fingerprint density at radius 2 is 1.69 bits per heavy atom. The van der Waals surface area contributed by atoms with E-state index in [1.807, 2.05) is 36.4 Å². The molecule has 1 aliphatic rings. The smallest absolute Gasteiger partial charge is 0.367 e. The van der Waals surface area contributed by atoms with E-state index in [2.05, 4.69) is 0 Å². The highest BCUT2D eigenvalue weighted by atomic mass is 16.4. The van der Waals surface area contributed by atoms with Crippen molar-refractivity contribution in [2.75, 3.05) is 0 Å². The molecule has 0 aliphatic carbocycles. The molecule has 3 rings (SSSR count). The van der Waals surface area contributed by atoms with Gasteiger partial charge in [-0.3, -0.25) is 0 Å². The average molecular weight is 213 g/mol. The molecule has 0 N–H and O–H groups in total. The van der Waals surface area contributed by atoms with Gasteiger partial charge in [0.1, 0.15) is 11.5 Å². The molecule has 0 spiro atoms. The minimum absolute atomic E-state index is 0.727. The predicted octanol–water partition coefficient (Wildman–Crippen LogP) is 2.94. The zero-order chi connectivity index (χ0) is 10.8. The van der Waals surface area contributed by atoms with Crippen molar-refractivity contribution >= 4 is 11.9 Å². The summed E-state index contributed by atoms with van der Waals surface area (Å²) in [6.07, 6.45) is 8.59. The SMILES string of the molecule is C1=CC(=C(c2ccco2)c2ccco2)[O+]=C1. The van der Waals surface area contributed by atoms with Crippen molar-refractivity contribution in [3.05, 3.63) is 66.2 Å². The Hall–Kier alpha value is -2.29. The normalized spacial score (nSPS) is 13.6. The molecule has 0 saturated carbocycles. The molecule has 3 heterocycles. The van der Waals surface area contributed by atoms with Crippen LogP contribution >= 0.6 is 0 Å². The van der Waals surface area contributed by atoms with Gasteiger partial charge in [0.2, 0.25) is 0 Å². The third kappa shape index (κ3) is 1.42. The maximum absolute atomic E-state index is 5.39. The highest BCUT2D eigenvalue weighted by Gasteiger charge is 2.24. The minimum Gasteiger partial charge on any atom is -0.464 e. The number of furan rings is 2. The summed E-state index contributed by atoms with van der Waals surface area (Å²) in [7, 11) is 0. The first-order valence-corrected chi connectivity index (χ1v) is 4.94. The Kier molecular flexibility index (Phi) is 2.07. The van der Waals surface area contributed by atoms with Crippen molar-refractivity contribution in [3.8, 4) is 0 Å². The summed E-state index contributed by atoms with van der Waals surface area (Å²) in [6.45, 7) is 0. The van der Waals surface area contributed by atoms with Crippen LogP contribution in [0.15, 0.2) is 63.5 Å². The van der Waals surface area contributed by atoms with Crippen LogP contribution in [-0.4, -0.2) is 6.29 Å². The van der Waals surface area contributed by atoms with Gasteiger partial charge in [-0.15, -0.1) is 0 Å². The molecule has 0 fully saturated rings. The van der Waals surface area contributed by atoms with Gasteiger partial charge in [0.05, 0.1) is 18.6 Å². The zero-order valence-corrected chi connectivity index (χ0v) is 8.42. The van der Waals surface area contributed by atoms with Gasteiger partial charge in [-0.25, -0.2) is 4.42 Å². The van der Waals surface area contributed by atoms with Crippen LogP contribution in [0.3, 0.4) is 0 Å². The number of hydrogen-bond acceptors (Lipinski definition) is 2. The lowest BCUT2D eigenvalue weighted by Crippen LogP contribution is -1.88. The van der Waals surface area contributed by atoms with Gasteiger partial charge in [-0.05, 0) is 24.3 Å². The van der Waals surface area contributed by atoms with Crippen LogP contribution in [0.4, 0.5) is 0 Å². The molecule has 3 heteroatoms. The lowest BCUT2D eigenvalue weighted by atomic mass is 10.1. The van der Waals surface area contributed by atoms with Crippen LogP contribution in [0.2, 0.25) is 0 Å². The molecule has 0 bridgehead atoms. The standard InChI is InChI=1S/C13H9O3/c1-4-10(14-7-1)13(11-5-2-8-15-11)12-6-3-9-16-12/h1-9H/q+1. The summed E-state index contributed by atoms with van der Waals surface area (Å²) in [6, 6.07) is 7.42. The van der Waals surface area contributed by atoms with Crippen LogP contribution in [0, 0.1) is 0 Å². The Balaban J connectivity index is 2.20. The molecule has 0 aromatic carbocycles. The van der Waals surface area contributed by atoms with E-state index >= 15 is 0 Å². The van der Waals surface area contributed by atoms with Crippen LogP contribution in [0.5, 0.6) is 0 Å². The zero-order valence-electron chi connectivity index (χ0n) is 8.42. The molecule has 78 valence electrons. The van der Waals surface area contributed by atoms with Gasteiger partial charge in [0, 0.05) is 6.08 Å². The summed E-state index contributed by atoms with van der Waals surface area (Å²) in [5.74, 6) is 2.18. The first-order chi connectivity index (χ1) is 7.95. The summed E-state index contributed by atoms with van der Waals surface area (Å²) in [4.78, 5) is 0. The van der Waals surface area contributed by atoms with Gasteiger partial charge in [0.25, 0.3) is 0 Å². The van der Waals surface area contributed by atoms with Gasteiger partial charge in [0.15, 0.2) is 5.57 Å². The van der Waals surface area contributed by atoms with Crippen molar-refractivity contribution in [2.45, 2.75) is 0 Å². The van der Waals surface area contributed by atoms with Gasteiger partial charge in [-0.2, -0.15) is 0 Å². The van der Waals surface area contributed by atoms with E-state index in [1.165, 1.54) is 0 Å². The van der Waals surface area contributed by atoms with Crippen molar-refractivity contribution in [2.24, 2.45) is 0 Å². The van der Waals surface area contributed by atoms with E-state index in [1.54, 1.807) is 18.8 Å². The second-order valence-corrected chi connectivity index (χ2v) is 3.31. The molecular formula is C13H9O3+. The number of carbonyl (C=O) groups excluding carboxylic acids is 1. The quantitative estimate of drug-likeness (QED) is 0.568. The molecule has 3 nitrogen and oxygen atoms in total.